The summed E-state index contributed by atoms with van der Waals surface area (Å²) in [7, 11) is 0. The van der Waals surface area contributed by atoms with Crippen molar-refractivity contribution in [1.82, 2.24) is 10.3 Å². The molecule has 2 aliphatic carbocycles. The quantitative estimate of drug-likeness (QED) is 0.907. The smallest absolute Gasteiger partial charge is 0.146 e. The van der Waals surface area contributed by atoms with Crippen molar-refractivity contribution in [2.24, 2.45) is 11.3 Å². The van der Waals surface area contributed by atoms with E-state index in [0.29, 0.717) is 35.7 Å². The first kappa shape index (κ1) is 11.8. The van der Waals surface area contributed by atoms with E-state index in [2.05, 4.69) is 10.3 Å². The molecule has 4 heteroatoms. The molecule has 1 saturated heterocycles. The highest BCUT2D eigenvalue weighted by Gasteiger charge is 2.66. The summed E-state index contributed by atoms with van der Waals surface area (Å²) >= 11 is 0. The summed E-state index contributed by atoms with van der Waals surface area (Å²) in [6.45, 7) is 1.43. The van der Waals surface area contributed by atoms with Crippen LogP contribution in [0.15, 0.2) is 18.3 Å². The minimum atomic E-state index is -0.212. The van der Waals surface area contributed by atoms with Crippen molar-refractivity contribution in [2.75, 3.05) is 6.61 Å². The van der Waals surface area contributed by atoms with E-state index in [1.807, 2.05) is 0 Å². The average Bonchev–Trinajstić information content (AvgIpc) is 2.75. The molecule has 0 amide bonds. The van der Waals surface area contributed by atoms with Crippen molar-refractivity contribution < 1.29 is 9.13 Å². The molecule has 3 nitrogen and oxygen atoms in total. The number of halogens is 1. The normalized spacial score (nSPS) is 34.7. The van der Waals surface area contributed by atoms with Gasteiger partial charge in [0.1, 0.15) is 5.82 Å². The maximum Gasteiger partial charge on any atom is 0.146 e. The third-order valence-corrected chi connectivity index (χ3v) is 5.36. The fraction of sp³-hybridized carbons (Fsp3) is 0.667. The van der Waals surface area contributed by atoms with Crippen LogP contribution in [0.25, 0.3) is 0 Å². The second kappa shape index (κ2) is 4.25. The van der Waals surface area contributed by atoms with Gasteiger partial charge in [-0.15, -0.1) is 0 Å². The number of aromatic nitrogens is 1. The second-order valence-corrected chi connectivity index (χ2v) is 6.12. The van der Waals surface area contributed by atoms with Crippen LogP contribution in [0.1, 0.15) is 31.4 Å². The largest absolute Gasteiger partial charge is 0.377 e. The highest BCUT2D eigenvalue weighted by molar-refractivity contribution is 5.19. The number of rotatable bonds is 3. The van der Waals surface area contributed by atoms with Gasteiger partial charge < -0.3 is 10.1 Å². The molecule has 1 spiro atoms. The first-order valence-corrected chi connectivity index (χ1v) is 7.26. The summed E-state index contributed by atoms with van der Waals surface area (Å²) in [5.41, 5.74) is 0.881. The molecule has 3 fully saturated rings. The van der Waals surface area contributed by atoms with Gasteiger partial charge in [0.25, 0.3) is 0 Å². The van der Waals surface area contributed by atoms with Gasteiger partial charge in [-0.1, -0.05) is 6.42 Å². The zero-order valence-electron chi connectivity index (χ0n) is 10.9. The van der Waals surface area contributed by atoms with Crippen LogP contribution in [0.3, 0.4) is 0 Å². The van der Waals surface area contributed by atoms with E-state index in [4.69, 9.17) is 4.74 Å². The third-order valence-electron chi connectivity index (χ3n) is 5.36. The fourth-order valence-electron chi connectivity index (χ4n) is 4.31. The van der Waals surface area contributed by atoms with Crippen molar-refractivity contribution in [3.05, 3.63) is 29.8 Å². The van der Waals surface area contributed by atoms with Gasteiger partial charge in [-0.3, -0.25) is 4.98 Å². The lowest BCUT2D eigenvalue weighted by molar-refractivity contribution is -0.176. The Morgan fingerprint density at radius 3 is 3.11 bits per heavy atom. The van der Waals surface area contributed by atoms with Gasteiger partial charge in [-0.25, -0.2) is 4.39 Å². The van der Waals surface area contributed by atoms with Crippen LogP contribution in [0.5, 0.6) is 0 Å². The van der Waals surface area contributed by atoms with Gasteiger partial charge in [-0.2, -0.15) is 0 Å². The van der Waals surface area contributed by atoms with Crippen LogP contribution in [0.2, 0.25) is 0 Å². The van der Waals surface area contributed by atoms with Crippen LogP contribution in [0.4, 0.5) is 4.39 Å². The van der Waals surface area contributed by atoms with Crippen LogP contribution in [-0.2, 0) is 11.3 Å². The van der Waals surface area contributed by atoms with E-state index in [0.717, 1.165) is 13.0 Å². The Labute approximate surface area is 112 Å². The van der Waals surface area contributed by atoms with Crippen molar-refractivity contribution >= 4 is 0 Å². The lowest BCUT2D eigenvalue weighted by atomic mass is 9.46. The Balaban J connectivity index is 1.47. The minimum Gasteiger partial charge on any atom is -0.377 e. The molecule has 1 N–H and O–H groups in total. The Morgan fingerprint density at radius 2 is 2.37 bits per heavy atom. The SMILES string of the molecule is Fc1cccnc1CN[C@@H]1[C@H]2CCO[C@@H]2C12CCC2. The monoisotopic (exact) mass is 262 g/mol. The molecular weight excluding hydrogens is 243 g/mol. The Morgan fingerprint density at radius 1 is 1.47 bits per heavy atom. The molecule has 1 aliphatic heterocycles. The summed E-state index contributed by atoms with van der Waals surface area (Å²) in [6.07, 6.45) is 7.10. The second-order valence-electron chi connectivity index (χ2n) is 6.12. The Bertz CT molecular complexity index is 489. The van der Waals surface area contributed by atoms with E-state index < -0.39 is 0 Å². The van der Waals surface area contributed by atoms with Crippen LogP contribution in [-0.4, -0.2) is 23.7 Å². The number of nitrogens with zero attached hydrogens (tertiary/aromatic N) is 1. The summed E-state index contributed by atoms with van der Waals surface area (Å²) in [4.78, 5) is 4.12. The van der Waals surface area contributed by atoms with Crippen molar-refractivity contribution in [3.63, 3.8) is 0 Å². The number of fused-ring (bicyclic) bond motifs is 2. The molecule has 0 radical (unpaired) electrons. The molecule has 19 heavy (non-hydrogen) atoms. The molecule has 0 unspecified atom stereocenters. The zero-order valence-corrected chi connectivity index (χ0v) is 10.9. The molecule has 1 aromatic rings. The van der Waals surface area contributed by atoms with Gasteiger partial charge in [0.15, 0.2) is 0 Å². The maximum absolute atomic E-state index is 13.6. The van der Waals surface area contributed by atoms with E-state index in [1.165, 1.54) is 25.3 Å². The average molecular weight is 262 g/mol. The Hall–Kier alpha value is -1.00. The minimum absolute atomic E-state index is 0.212. The molecule has 1 aromatic heterocycles. The molecule has 4 rings (SSSR count). The number of hydrogen-bond acceptors (Lipinski definition) is 3. The van der Waals surface area contributed by atoms with Gasteiger partial charge >= 0.3 is 0 Å². The summed E-state index contributed by atoms with van der Waals surface area (Å²) in [5, 5.41) is 3.56. The maximum atomic E-state index is 13.6. The van der Waals surface area contributed by atoms with E-state index in [-0.39, 0.29) is 5.82 Å². The van der Waals surface area contributed by atoms with Gasteiger partial charge in [0.05, 0.1) is 11.8 Å². The third kappa shape index (κ3) is 1.59. The number of pyridine rings is 1. The lowest BCUT2D eigenvalue weighted by Gasteiger charge is -2.63. The summed E-state index contributed by atoms with van der Waals surface area (Å²) in [6, 6.07) is 3.61. The van der Waals surface area contributed by atoms with Gasteiger partial charge in [-0.05, 0) is 31.4 Å². The van der Waals surface area contributed by atoms with Crippen LogP contribution in [0, 0.1) is 17.2 Å². The highest BCUT2D eigenvalue weighted by atomic mass is 19.1. The van der Waals surface area contributed by atoms with E-state index in [9.17, 15) is 4.39 Å². The molecule has 0 bridgehead atoms. The number of hydrogen-bond donors (Lipinski definition) is 1. The standard InChI is InChI=1S/C15H19FN2O/c16-11-3-1-7-17-12(11)9-18-13-10-4-8-19-14(10)15(13)5-2-6-15/h1,3,7,10,13-14,18H,2,4-6,8-9H2/t10-,13-,14+/m1/s1. The zero-order chi connectivity index (χ0) is 12.9. The molecule has 102 valence electrons. The summed E-state index contributed by atoms with van der Waals surface area (Å²) in [5.74, 6) is 0.420. The van der Waals surface area contributed by atoms with E-state index >= 15 is 0 Å². The highest BCUT2D eigenvalue weighted by Crippen LogP contribution is 2.62. The predicted octanol–water partition coefficient (Wildman–Crippen LogP) is 2.27. The number of ether oxygens (including phenoxy) is 1. The molecule has 0 aromatic carbocycles. The number of nitrogens with one attached hydrogen (secondary N) is 1. The molecule has 2 saturated carbocycles. The predicted molar refractivity (Wildman–Crippen MR) is 69.0 cm³/mol. The molecule has 3 atom stereocenters. The van der Waals surface area contributed by atoms with Crippen molar-refractivity contribution in [2.45, 2.75) is 44.4 Å². The van der Waals surface area contributed by atoms with Gasteiger partial charge in [0, 0.05) is 36.7 Å². The summed E-state index contributed by atoms with van der Waals surface area (Å²) < 4.78 is 19.5. The van der Waals surface area contributed by atoms with E-state index in [1.54, 1.807) is 12.3 Å². The fourth-order valence-corrected chi connectivity index (χ4v) is 4.31. The molecular formula is C15H19FN2O. The van der Waals surface area contributed by atoms with Crippen LogP contribution >= 0.6 is 0 Å². The first-order chi connectivity index (χ1) is 9.31. The van der Waals surface area contributed by atoms with Crippen molar-refractivity contribution in [1.29, 1.82) is 0 Å². The Kier molecular flexibility index (Phi) is 2.64. The topological polar surface area (TPSA) is 34.2 Å². The van der Waals surface area contributed by atoms with Gasteiger partial charge in [0.2, 0.25) is 0 Å². The first-order valence-electron chi connectivity index (χ1n) is 7.26. The lowest BCUT2D eigenvalue weighted by Crippen LogP contribution is -2.70. The molecule has 2 heterocycles. The van der Waals surface area contributed by atoms with Crippen LogP contribution < -0.4 is 5.32 Å². The molecule has 3 aliphatic rings. The van der Waals surface area contributed by atoms with Crippen molar-refractivity contribution in [3.8, 4) is 0 Å².